The topological polar surface area (TPSA) is 0 Å². The molecule has 0 saturated carbocycles. The van der Waals surface area contributed by atoms with Crippen LogP contribution < -0.4 is 18.1 Å². The van der Waals surface area contributed by atoms with Crippen molar-refractivity contribution in [3.05, 3.63) is 117 Å². The summed E-state index contributed by atoms with van der Waals surface area (Å²) in [4.78, 5) is 4.96. The van der Waals surface area contributed by atoms with Gasteiger partial charge in [0, 0.05) is 5.02 Å². The number of halogens is 2. The van der Waals surface area contributed by atoms with E-state index in [1.807, 2.05) is 18.2 Å². The molecule has 2 aliphatic rings. The number of rotatable bonds is 0. The van der Waals surface area contributed by atoms with E-state index < -0.39 is 18.4 Å². The van der Waals surface area contributed by atoms with Gasteiger partial charge in [-0.1, -0.05) is 71.8 Å². The molecule has 2 heterocycles. The molecule has 4 aromatic rings. The molecule has 0 bridgehead atoms. The molecule has 0 spiro atoms. The van der Waals surface area contributed by atoms with Gasteiger partial charge in [-0.2, -0.15) is 0 Å². The number of fused-ring (bicyclic) bond motifs is 4. The summed E-state index contributed by atoms with van der Waals surface area (Å²) >= 11 is 9.72. The van der Waals surface area contributed by atoms with E-state index in [9.17, 15) is 0 Å². The molecule has 172 valence electrons. The Bertz CT molecular complexity index is 1470. The predicted octanol–water partition coefficient (Wildman–Crippen LogP) is 6.71. The second kappa shape index (κ2) is 10.0. The molecule has 6 rings (SSSR count). The van der Waals surface area contributed by atoms with Crippen LogP contribution in [0.3, 0.4) is 0 Å². The van der Waals surface area contributed by atoms with Gasteiger partial charge in [0.05, 0.1) is 0 Å². The fraction of sp³-hybridized carbons (Fsp3) is 0.0968. The first-order valence-corrected chi connectivity index (χ1v) is 21.3. The van der Waals surface area contributed by atoms with Crippen LogP contribution in [0.1, 0.15) is 22.3 Å². The van der Waals surface area contributed by atoms with Crippen LogP contribution in [-0.2, 0) is 0 Å². The van der Waals surface area contributed by atoms with Gasteiger partial charge in [0.1, 0.15) is 0 Å². The Kier molecular flexibility index (Phi) is 7.03. The van der Waals surface area contributed by atoms with E-state index in [0.29, 0.717) is 6.71 Å². The van der Waals surface area contributed by atoms with Crippen LogP contribution in [0.25, 0.3) is 24.3 Å². The van der Waals surface area contributed by atoms with Crippen molar-refractivity contribution in [2.45, 2.75) is 16.7 Å². The van der Waals surface area contributed by atoms with Gasteiger partial charge in [0.15, 0.2) is 0 Å². The van der Waals surface area contributed by atoms with Crippen molar-refractivity contribution in [2.24, 2.45) is 0 Å². The monoisotopic (exact) mass is 600 g/mol. The molecule has 0 saturated heterocycles. The molecule has 4 heteroatoms. The van der Waals surface area contributed by atoms with Crippen LogP contribution in [0.5, 0.6) is 0 Å². The summed E-state index contributed by atoms with van der Waals surface area (Å²) in [5.41, 5.74) is 7.93. The zero-order valence-electron chi connectivity index (χ0n) is 20.2. The van der Waals surface area contributed by atoms with Gasteiger partial charge in [-0.15, -0.1) is 0 Å². The first-order chi connectivity index (χ1) is 16.8. The Morgan fingerprint density at radius 2 is 1.06 bits per heavy atom. The fourth-order valence-corrected chi connectivity index (χ4v) is 14.4. The molecule has 0 nitrogen and oxygen atoms in total. The Morgan fingerprint density at radius 1 is 0.543 bits per heavy atom. The Balaban J connectivity index is 0.000000145. The summed E-state index contributed by atoms with van der Waals surface area (Å²) < 4.78 is 3.11. The van der Waals surface area contributed by atoms with Crippen LogP contribution in [0, 0.1) is 0 Å². The fourth-order valence-electron chi connectivity index (χ4n) is 5.27. The quantitative estimate of drug-likeness (QED) is 0.197. The average Bonchev–Trinajstić information content (AvgIpc) is 3.06. The summed E-state index contributed by atoms with van der Waals surface area (Å²) in [7, 11) is 0. The van der Waals surface area contributed by atoms with Gasteiger partial charge in [0.25, 0.3) is 0 Å². The molecule has 0 radical (unpaired) electrons. The molecular formula is C31H27BCl2Sn. The summed E-state index contributed by atoms with van der Waals surface area (Å²) in [5, 5.41) is 1.62. The van der Waals surface area contributed by atoms with E-state index in [4.69, 9.17) is 23.2 Å². The maximum absolute atomic E-state index is 6.12. The van der Waals surface area contributed by atoms with Gasteiger partial charge < -0.3 is 0 Å². The van der Waals surface area contributed by atoms with Crippen molar-refractivity contribution >= 4 is 90.7 Å². The van der Waals surface area contributed by atoms with E-state index in [1.165, 1.54) is 36.8 Å². The zero-order chi connectivity index (χ0) is 24.6. The van der Waals surface area contributed by atoms with E-state index in [1.54, 1.807) is 3.58 Å². The third-order valence-corrected chi connectivity index (χ3v) is 17.9. The third-order valence-electron chi connectivity index (χ3n) is 7.18. The van der Waals surface area contributed by atoms with E-state index in [2.05, 4.69) is 108 Å². The molecule has 35 heavy (non-hydrogen) atoms. The second-order valence-corrected chi connectivity index (χ2v) is 23.0. The molecule has 0 unspecified atom stereocenters. The number of hydrogen-bond donors (Lipinski definition) is 0. The van der Waals surface area contributed by atoms with Crippen molar-refractivity contribution in [3.8, 4) is 0 Å². The van der Waals surface area contributed by atoms with Crippen molar-refractivity contribution < 1.29 is 0 Å². The molecule has 4 aromatic carbocycles. The zero-order valence-corrected chi connectivity index (χ0v) is 24.6. The first kappa shape index (κ1) is 24.5. The van der Waals surface area contributed by atoms with Gasteiger partial charge in [0.2, 0.25) is 6.71 Å². The normalized spacial score (nSPS) is 14.4. The molecule has 0 atom stereocenters. The molecule has 0 aromatic heterocycles. The summed E-state index contributed by atoms with van der Waals surface area (Å²) in [6.45, 7) is 2.66. The van der Waals surface area contributed by atoms with E-state index in [-0.39, 0.29) is 0 Å². The summed E-state index contributed by atoms with van der Waals surface area (Å²) in [6.07, 6.45) is 8.78. The molecule has 0 aliphatic carbocycles. The minimum atomic E-state index is -2.46. The van der Waals surface area contributed by atoms with E-state index in [0.717, 1.165) is 10.0 Å². The van der Waals surface area contributed by atoms with Crippen molar-refractivity contribution in [2.75, 3.05) is 0 Å². The van der Waals surface area contributed by atoms with Crippen LogP contribution in [0.15, 0.2) is 84.9 Å². The third kappa shape index (κ3) is 4.92. The minimum absolute atomic E-state index is 0.411. The SMILES string of the molecule is CB1c2ccccc2C=Cc2cc(Cl)ccc21.[CH3][Sn]1([CH3])[c]2ccccc2C=Cc2cc(Cl)cc[c]21. The maximum atomic E-state index is 6.12. The standard InChI is InChI=1S/C15H12BCl.C14H9Cl.2CH3.Sn/c1-16-14-5-3-2-4-11(14)6-7-12-10-13(17)8-9-15(12)16;15-14-8-4-7-13(11-14)10-9-12-5-2-1-3-6-12;;;/h2-10H,1H3;1-5,8-11H;2*1H3;. The van der Waals surface area contributed by atoms with Crippen molar-refractivity contribution in [1.29, 1.82) is 0 Å². The van der Waals surface area contributed by atoms with Crippen LogP contribution in [-0.4, -0.2) is 25.1 Å². The van der Waals surface area contributed by atoms with Gasteiger partial charge in [-0.3, -0.25) is 0 Å². The summed E-state index contributed by atoms with van der Waals surface area (Å²) in [6, 6.07) is 29.9. The Morgan fingerprint density at radius 3 is 1.86 bits per heavy atom. The average molecular weight is 600 g/mol. The second-order valence-electron chi connectivity index (χ2n) is 9.73. The molecule has 2 aliphatic heterocycles. The van der Waals surface area contributed by atoms with E-state index >= 15 is 0 Å². The van der Waals surface area contributed by atoms with Crippen LogP contribution >= 0.6 is 23.2 Å². The summed E-state index contributed by atoms with van der Waals surface area (Å²) in [5.74, 6) is 0. The number of benzene rings is 4. The van der Waals surface area contributed by atoms with Gasteiger partial charge >= 0.3 is 118 Å². The predicted molar refractivity (Wildman–Crippen MR) is 161 cm³/mol. The van der Waals surface area contributed by atoms with Crippen LogP contribution in [0.2, 0.25) is 26.7 Å². The molecule has 0 amide bonds. The van der Waals surface area contributed by atoms with Crippen molar-refractivity contribution in [1.82, 2.24) is 0 Å². The Labute approximate surface area is 223 Å². The van der Waals surface area contributed by atoms with Gasteiger partial charge in [-0.25, -0.2) is 0 Å². The molecule has 0 N–H and O–H groups in total. The Hall–Kier alpha value is -2.20. The van der Waals surface area contributed by atoms with Gasteiger partial charge in [-0.05, 0) is 23.3 Å². The molecule has 0 fully saturated rings. The van der Waals surface area contributed by atoms with Crippen LogP contribution in [0.4, 0.5) is 0 Å². The number of hydrogen-bond acceptors (Lipinski definition) is 0. The molecular weight excluding hydrogens is 573 g/mol. The van der Waals surface area contributed by atoms with Crippen molar-refractivity contribution in [3.63, 3.8) is 0 Å². The first-order valence-electron chi connectivity index (χ1n) is 12.0.